The Labute approximate surface area is 168 Å². The van der Waals surface area contributed by atoms with E-state index in [-0.39, 0.29) is 11.3 Å². The van der Waals surface area contributed by atoms with Crippen LogP contribution in [0.2, 0.25) is 0 Å². The number of carbonyl (C=O) groups is 1. The lowest BCUT2D eigenvalue weighted by Gasteiger charge is -2.31. The van der Waals surface area contributed by atoms with E-state index in [1.807, 2.05) is 31.2 Å². The van der Waals surface area contributed by atoms with Crippen molar-refractivity contribution in [1.29, 1.82) is 0 Å². The summed E-state index contributed by atoms with van der Waals surface area (Å²) < 4.78 is 0. The SMILES string of the molecule is CC1=C(CNC(=O)c2cnc(C(C)(C)C)s2)C=CC(Cl)(c2ccncc2)N1. The van der Waals surface area contributed by atoms with Crippen molar-refractivity contribution in [2.45, 2.75) is 38.1 Å². The summed E-state index contributed by atoms with van der Waals surface area (Å²) in [5.74, 6) is -0.117. The highest BCUT2D eigenvalue weighted by atomic mass is 35.5. The molecule has 3 heterocycles. The van der Waals surface area contributed by atoms with Crippen molar-refractivity contribution in [3.8, 4) is 0 Å². The van der Waals surface area contributed by atoms with Crippen LogP contribution in [0.3, 0.4) is 0 Å². The van der Waals surface area contributed by atoms with Gasteiger partial charge in [0.25, 0.3) is 5.91 Å². The number of pyridine rings is 1. The van der Waals surface area contributed by atoms with Gasteiger partial charge in [0, 0.05) is 30.1 Å². The largest absolute Gasteiger partial charge is 0.363 e. The van der Waals surface area contributed by atoms with Crippen molar-refractivity contribution in [2.75, 3.05) is 6.54 Å². The first-order chi connectivity index (χ1) is 12.7. The number of amides is 1. The number of alkyl halides is 1. The van der Waals surface area contributed by atoms with Gasteiger partial charge in [-0.25, -0.2) is 4.98 Å². The summed E-state index contributed by atoms with van der Waals surface area (Å²) in [7, 11) is 0. The topological polar surface area (TPSA) is 66.9 Å². The molecule has 2 aromatic heterocycles. The molecule has 142 valence electrons. The molecule has 0 spiro atoms. The second-order valence-corrected chi connectivity index (χ2v) is 9.15. The predicted octanol–water partition coefficient (Wildman–Crippen LogP) is 4.09. The zero-order valence-corrected chi connectivity index (χ0v) is 17.4. The van der Waals surface area contributed by atoms with Crippen molar-refractivity contribution < 1.29 is 4.79 Å². The maximum Gasteiger partial charge on any atom is 0.263 e. The molecular formula is C20H23ClN4OS. The number of aromatic nitrogens is 2. The number of hydrogen-bond donors (Lipinski definition) is 2. The highest BCUT2D eigenvalue weighted by Gasteiger charge is 2.29. The van der Waals surface area contributed by atoms with Gasteiger partial charge in [0.2, 0.25) is 0 Å². The molecule has 0 saturated heterocycles. The lowest BCUT2D eigenvalue weighted by atomic mass is 9.98. The van der Waals surface area contributed by atoms with E-state index in [1.54, 1.807) is 18.6 Å². The van der Waals surface area contributed by atoms with Crippen LogP contribution in [-0.2, 0) is 10.4 Å². The number of allylic oxidation sites excluding steroid dienone is 1. The van der Waals surface area contributed by atoms with Gasteiger partial charge in [-0.3, -0.25) is 9.78 Å². The van der Waals surface area contributed by atoms with Gasteiger partial charge in [-0.1, -0.05) is 38.4 Å². The Kier molecular flexibility index (Phi) is 5.40. The highest BCUT2D eigenvalue weighted by molar-refractivity contribution is 7.13. The maximum absolute atomic E-state index is 12.4. The fourth-order valence-electron chi connectivity index (χ4n) is 2.68. The van der Waals surface area contributed by atoms with Gasteiger partial charge in [0.05, 0.1) is 11.2 Å². The molecular weight excluding hydrogens is 380 g/mol. The molecule has 0 radical (unpaired) electrons. The van der Waals surface area contributed by atoms with Crippen LogP contribution in [-0.4, -0.2) is 22.4 Å². The van der Waals surface area contributed by atoms with Gasteiger partial charge in [-0.15, -0.1) is 11.3 Å². The first-order valence-corrected chi connectivity index (χ1v) is 9.89. The van der Waals surface area contributed by atoms with E-state index < -0.39 is 5.00 Å². The molecule has 0 aliphatic carbocycles. The second kappa shape index (κ2) is 7.44. The Balaban J connectivity index is 1.65. The van der Waals surface area contributed by atoms with E-state index in [2.05, 4.69) is 41.4 Å². The number of carbonyl (C=O) groups excluding carboxylic acids is 1. The Morgan fingerprint density at radius 1 is 1.33 bits per heavy atom. The van der Waals surface area contributed by atoms with E-state index >= 15 is 0 Å². The third-order valence-corrected chi connectivity index (χ3v) is 6.14. The maximum atomic E-state index is 12.4. The zero-order valence-electron chi connectivity index (χ0n) is 15.8. The number of thiazole rings is 1. The van der Waals surface area contributed by atoms with Crippen LogP contribution in [0, 0.1) is 0 Å². The third kappa shape index (κ3) is 4.39. The first-order valence-electron chi connectivity index (χ1n) is 8.70. The van der Waals surface area contributed by atoms with E-state index in [0.717, 1.165) is 21.8 Å². The fourth-order valence-corrected chi connectivity index (χ4v) is 3.90. The van der Waals surface area contributed by atoms with Crippen LogP contribution in [0.1, 0.15) is 47.9 Å². The molecule has 1 amide bonds. The number of halogens is 1. The fraction of sp³-hybridized carbons (Fsp3) is 0.350. The van der Waals surface area contributed by atoms with E-state index in [4.69, 9.17) is 11.6 Å². The summed E-state index contributed by atoms with van der Waals surface area (Å²) in [6.45, 7) is 8.62. The predicted molar refractivity (Wildman–Crippen MR) is 110 cm³/mol. The molecule has 1 aliphatic rings. The minimum Gasteiger partial charge on any atom is -0.363 e. The van der Waals surface area contributed by atoms with Gasteiger partial charge < -0.3 is 10.6 Å². The van der Waals surface area contributed by atoms with E-state index in [9.17, 15) is 4.79 Å². The van der Waals surface area contributed by atoms with Crippen LogP contribution in [0.5, 0.6) is 0 Å². The average molecular weight is 403 g/mol. The standard InChI is InChI=1S/C20H23ClN4OS/c1-13-14(5-8-20(21,25-13)15-6-9-22-10-7-15)11-23-17(26)16-12-24-18(27-16)19(2,3)4/h5-10,12,25H,11H2,1-4H3,(H,23,26). The molecule has 0 fully saturated rings. The van der Waals surface area contributed by atoms with Gasteiger partial charge in [-0.05, 0) is 36.3 Å². The quantitative estimate of drug-likeness (QED) is 0.597. The van der Waals surface area contributed by atoms with Gasteiger partial charge in [-0.2, -0.15) is 0 Å². The molecule has 0 saturated carbocycles. The molecule has 7 heteroatoms. The molecule has 27 heavy (non-hydrogen) atoms. The van der Waals surface area contributed by atoms with Gasteiger partial charge in [0.1, 0.15) is 4.88 Å². The van der Waals surface area contributed by atoms with Crippen LogP contribution in [0.25, 0.3) is 0 Å². The van der Waals surface area contributed by atoms with Crippen LogP contribution < -0.4 is 10.6 Å². The Bertz CT molecular complexity index is 898. The average Bonchev–Trinajstić information content (AvgIpc) is 3.12. The van der Waals surface area contributed by atoms with E-state index in [1.165, 1.54) is 11.3 Å². The minimum absolute atomic E-state index is 0.0605. The second-order valence-electron chi connectivity index (χ2n) is 7.52. The van der Waals surface area contributed by atoms with E-state index in [0.29, 0.717) is 11.4 Å². The molecule has 1 unspecified atom stereocenters. The zero-order chi connectivity index (χ0) is 19.7. The first kappa shape index (κ1) is 19.6. The minimum atomic E-state index is -0.806. The van der Waals surface area contributed by atoms with Crippen LogP contribution >= 0.6 is 22.9 Å². The Morgan fingerprint density at radius 3 is 2.63 bits per heavy atom. The lowest BCUT2D eigenvalue weighted by molar-refractivity contribution is 0.0961. The summed E-state index contributed by atoms with van der Waals surface area (Å²) in [4.78, 5) is 20.6. The summed E-state index contributed by atoms with van der Waals surface area (Å²) in [6.07, 6.45) is 8.91. The van der Waals surface area contributed by atoms with Crippen molar-refractivity contribution in [1.82, 2.24) is 20.6 Å². The summed E-state index contributed by atoms with van der Waals surface area (Å²) in [6, 6.07) is 3.75. The van der Waals surface area contributed by atoms with Gasteiger partial charge in [0.15, 0.2) is 5.00 Å². The molecule has 3 rings (SSSR count). The molecule has 0 bridgehead atoms. The summed E-state index contributed by atoms with van der Waals surface area (Å²) in [5.41, 5.74) is 2.75. The van der Waals surface area contributed by atoms with Crippen molar-refractivity contribution in [3.63, 3.8) is 0 Å². The number of rotatable bonds is 4. The number of nitrogens with zero attached hydrogens (tertiary/aromatic N) is 2. The van der Waals surface area contributed by atoms with Crippen molar-refractivity contribution in [3.05, 3.63) is 69.6 Å². The third-order valence-electron chi connectivity index (χ3n) is 4.28. The smallest absolute Gasteiger partial charge is 0.263 e. The lowest BCUT2D eigenvalue weighted by Crippen LogP contribution is -2.38. The normalized spacial score (nSPS) is 19.7. The van der Waals surface area contributed by atoms with Crippen LogP contribution in [0.15, 0.2) is 54.1 Å². The van der Waals surface area contributed by atoms with Crippen molar-refractivity contribution >= 4 is 28.8 Å². The molecule has 1 atom stereocenters. The summed E-state index contributed by atoms with van der Waals surface area (Å²) >= 11 is 8.14. The molecule has 2 N–H and O–H groups in total. The Morgan fingerprint density at radius 2 is 2.04 bits per heavy atom. The monoisotopic (exact) mass is 402 g/mol. The Hall–Kier alpha value is -2.18. The summed E-state index contributed by atoms with van der Waals surface area (Å²) in [5, 5.41) is 7.23. The van der Waals surface area contributed by atoms with Crippen LogP contribution in [0.4, 0.5) is 0 Å². The highest BCUT2D eigenvalue weighted by Crippen LogP contribution is 2.32. The number of hydrogen-bond acceptors (Lipinski definition) is 5. The molecule has 5 nitrogen and oxygen atoms in total. The number of dihydropyridines is 1. The molecule has 2 aromatic rings. The molecule has 0 aromatic carbocycles. The van der Waals surface area contributed by atoms with Crippen molar-refractivity contribution in [2.24, 2.45) is 0 Å². The number of nitrogens with one attached hydrogen (secondary N) is 2. The molecule has 1 aliphatic heterocycles. The van der Waals surface area contributed by atoms with Gasteiger partial charge >= 0.3 is 0 Å².